The van der Waals surface area contributed by atoms with Crippen molar-refractivity contribution in [1.29, 1.82) is 0 Å². The Labute approximate surface area is 355 Å². The monoisotopic (exact) mass is 945 g/mol. The number of hydrogen-bond donors (Lipinski definition) is 9. The molecule has 61 heavy (non-hydrogen) atoms. The van der Waals surface area contributed by atoms with Crippen LogP contribution in [-0.2, 0) is 50.7 Å². The molecule has 0 spiro atoms. The third-order valence-electron chi connectivity index (χ3n) is 8.73. The number of unbranched alkanes of at least 4 members (excludes halogenated alkanes) is 5. The first-order valence-electron chi connectivity index (χ1n) is 18.9. The molecule has 1 fully saturated rings. The van der Waals surface area contributed by atoms with E-state index >= 15 is 0 Å². The van der Waals surface area contributed by atoms with E-state index in [1.807, 2.05) is 19.1 Å². The Morgan fingerprint density at radius 2 is 1.67 bits per heavy atom. The number of nitrogens with zero attached hydrogens (tertiary/aromatic N) is 4. The van der Waals surface area contributed by atoms with Gasteiger partial charge in [-0.15, -0.1) is 0 Å². The van der Waals surface area contributed by atoms with Crippen LogP contribution in [-0.4, -0.2) is 123 Å². The number of amides is 2. The van der Waals surface area contributed by atoms with Gasteiger partial charge in [-0.1, -0.05) is 56.7 Å². The van der Waals surface area contributed by atoms with Crippen LogP contribution in [0.3, 0.4) is 0 Å². The van der Waals surface area contributed by atoms with Crippen LogP contribution >= 0.6 is 35.2 Å². The maximum Gasteiger partial charge on any atom is 0.481 e. The molecule has 1 saturated heterocycles. The van der Waals surface area contributed by atoms with Crippen molar-refractivity contribution in [3.63, 3.8) is 0 Å². The molecule has 2 aromatic heterocycles. The first-order chi connectivity index (χ1) is 28.6. The average Bonchev–Trinajstić information content (AvgIpc) is 3.73. The van der Waals surface area contributed by atoms with Gasteiger partial charge in [-0.05, 0) is 38.7 Å². The van der Waals surface area contributed by atoms with Crippen molar-refractivity contribution in [1.82, 2.24) is 30.2 Å². The number of nitrogen functional groups attached to an aromatic ring is 1. The molecule has 1 aliphatic rings. The van der Waals surface area contributed by atoms with E-state index in [1.165, 1.54) is 19.9 Å². The first kappa shape index (κ1) is 52.4. The topological polar surface area (TPSA) is 364 Å². The van der Waals surface area contributed by atoms with Crippen molar-refractivity contribution in [2.75, 3.05) is 37.8 Å². The number of imidazole rings is 1. The highest BCUT2D eigenvalue weighted by atomic mass is 32.2. The Balaban J connectivity index is 1.40. The van der Waals surface area contributed by atoms with Crippen LogP contribution in [0.4, 0.5) is 5.82 Å². The molecule has 3 heterocycles. The van der Waals surface area contributed by atoms with E-state index in [4.69, 9.17) is 19.5 Å². The number of nitrogens with two attached hydrogens (primary N) is 1. The maximum absolute atomic E-state index is 12.7. The number of thioether (sulfide) groups is 1. The Morgan fingerprint density at radius 1 is 1.00 bits per heavy atom. The van der Waals surface area contributed by atoms with Gasteiger partial charge in [0.25, 0.3) is 0 Å². The minimum Gasteiger partial charge on any atom is -0.386 e. The van der Waals surface area contributed by atoms with Crippen molar-refractivity contribution in [2.24, 2.45) is 5.41 Å². The van der Waals surface area contributed by atoms with Crippen LogP contribution in [0, 0.1) is 5.41 Å². The number of carbonyl (C=O) groups excluding carboxylic acids is 3. The summed E-state index contributed by atoms with van der Waals surface area (Å²) in [6, 6.07) is 0. The fourth-order valence-corrected chi connectivity index (χ4v) is 8.98. The molecule has 10 N–H and O–H groups in total. The normalized spacial score (nSPS) is 21.1. The van der Waals surface area contributed by atoms with Crippen LogP contribution in [0.5, 0.6) is 0 Å². The lowest BCUT2D eigenvalue weighted by molar-refractivity contribution is -0.137. The summed E-state index contributed by atoms with van der Waals surface area (Å²) in [5, 5.41) is 26.3. The highest BCUT2D eigenvalue weighted by Gasteiger charge is 2.50. The summed E-state index contributed by atoms with van der Waals surface area (Å²) in [6.07, 6.45) is 6.92. The van der Waals surface area contributed by atoms with Gasteiger partial charge in [0.15, 0.2) is 17.7 Å². The molecule has 28 heteroatoms. The van der Waals surface area contributed by atoms with E-state index < -0.39 is 84.6 Å². The van der Waals surface area contributed by atoms with Gasteiger partial charge in [0, 0.05) is 30.7 Å². The lowest BCUT2D eigenvalue weighted by Gasteiger charge is -2.30. The fraction of sp³-hybridized carbons (Fsp3) is 0.636. The zero-order valence-electron chi connectivity index (χ0n) is 33.6. The van der Waals surface area contributed by atoms with Crippen molar-refractivity contribution in [2.45, 2.75) is 96.4 Å². The lowest BCUT2D eigenvalue weighted by atomic mass is 9.87. The van der Waals surface area contributed by atoms with Crippen LogP contribution in [0.1, 0.15) is 71.9 Å². The Kier molecular flexibility index (Phi) is 20.8. The number of ether oxygens (including phenoxy) is 1. The summed E-state index contributed by atoms with van der Waals surface area (Å²) in [5.41, 5.74) is 4.27. The zero-order chi connectivity index (χ0) is 45.4. The summed E-state index contributed by atoms with van der Waals surface area (Å²) in [7, 11) is -16.4. The molecule has 0 aliphatic carbocycles. The highest BCUT2D eigenvalue weighted by Crippen LogP contribution is 2.61. The SMILES string of the molecule is C/C=C/CCCCCC/C=C/C(=O)SCCNC(=O)CCNC(=O)[C@H](O)C(C)(C)COP(=O)(O)OP(=O)(O)OC[C@H]1O[C@@H](n2cnc3c(N)ncnc32)[C@H](O)[C@@H]1OP(=O)(O)O. The van der Waals surface area contributed by atoms with Crippen LogP contribution in [0.15, 0.2) is 37.0 Å². The van der Waals surface area contributed by atoms with Gasteiger partial charge < -0.3 is 50.9 Å². The first-order valence-corrected chi connectivity index (χ1v) is 24.4. The molecule has 1 aliphatic heterocycles. The Hall–Kier alpha value is -2.96. The molecule has 0 bridgehead atoms. The van der Waals surface area contributed by atoms with Crippen molar-refractivity contribution in [3.8, 4) is 0 Å². The van der Waals surface area contributed by atoms with E-state index in [9.17, 15) is 57.9 Å². The van der Waals surface area contributed by atoms with Gasteiger partial charge in [-0.25, -0.2) is 28.6 Å². The molecule has 0 saturated carbocycles. The molecule has 0 radical (unpaired) electrons. The minimum absolute atomic E-state index is 0.0308. The number of aromatic nitrogens is 4. The third-order valence-corrected chi connectivity index (χ3v) is 12.7. The number of phosphoric ester groups is 3. The predicted molar refractivity (Wildman–Crippen MR) is 219 cm³/mol. The van der Waals surface area contributed by atoms with E-state index in [0.717, 1.165) is 67.5 Å². The summed E-state index contributed by atoms with van der Waals surface area (Å²) in [4.78, 5) is 87.9. The quantitative estimate of drug-likeness (QED) is 0.0268. The van der Waals surface area contributed by atoms with Gasteiger partial charge >= 0.3 is 23.5 Å². The summed E-state index contributed by atoms with van der Waals surface area (Å²) < 4.78 is 62.2. The number of rotatable bonds is 27. The number of phosphoric acid groups is 3. The third kappa shape index (κ3) is 18.0. The van der Waals surface area contributed by atoms with E-state index in [1.54, 1.807) is 0 Å². The van der Waals surface area contributed by atoms with E-state index in [2.05, 4.69) is 40.5 Å². The molecule has 2 amide bonds. The van der Waals surface area contributed by atoms with Gasteiger partial charge in [-0.2, -0.15) is 4.31 Å². The zero-order valence-corrected chi connectivity index (χ0v) is 37.1. The number of hydrogen-bond acceptors (Lipinski definition) is 18. The van der Waals surface area contributed by atoms with E-state index in [-0.39, 0.29) is 41.6 Å². The number of anilines is 1. The van der Waals surface area contributed by atoms with Gasteiger partial charge in [0.2, 0.25) is 16.9 Å². The summed E-state index contributed by atoms with van der Waals surface area (Å²) in [6.45, 7) is 2.49. The molecule has 24 nitrogen and oxygen atoms in total. The van der Waals surface area contributed by atoms with Crippen molar-refractivity contribution < 1.29 is 80.5 Å². The number of nitrogens with one attached hydrogen (secondary N) is 2. The van der Waals surface area contributed by atoms with Gasteiger partial charge in [0.1, 0.15) is 36.3 Å². The molecule has 344 valence electrons. The lowest BCUT2D eigenvalue weighted by Crippen LogP contribution is -2.46. The maximum atomic E-state index is 12.7. The predicted octanol–water partition coefficient (Wildman–Crippen LogP) is 2.14. The number of allylic oxidation sites excluding steroid dienone is 3. The van der Waals surface area contributed by atoms with Crippen LogP contribution < -0.4 is 16.4 Å². The molecule has 2 aromatic rings. The molecule has 3 rings (SSSR count). The fourth-order valence-electron chi connectivity index (χ4n) is 5.55. The second-order valence-electron chi connectivity index (χ2n) is 14.2. The second-order valence-corrected chi connectivity index (χ2v) is 19.5. The largest absolute Gasteiger partial charge is 0.481 e. The highest BCUT2D eigenvalue weighted by molar-refractivity contribution is 8.14. The Bertz CT molecular complexity index is 1980. The molecule has 2 unspecified atom stereocenters. The van der Waals surface area contributed by atoms with Gasteiger partial charge in [0.05, 0.1) is 19.5 Å². The molecular weight excluding hydrogens is 891 g/mol. The van der Waals surface area contributed by atoms with Crippen molar-refractivity contribution in [3.05, 3.63) is 37.0 Å². The number of aliphatic hydroxyl groups is 2. The van der Waals surface area contributed by atoms with Crippen LogP contribution in [0.2, 0.25) is 0 Å². The van der Waals surface area contributed by atoms with Gasteiger partial charge in [-0.3, -0.25) is 32.5 Å². The standard InChI is InChI=1S/C33H54N7O17P3S/c1-4-5-6-7-8-9-10-11-12-13-24(42)61-17-16-35-23(41)14-15-36-31(45)28(44)33(2,3)19-54-60(51,52)57-59(49,50)53-18-22-27(56-58(46,47)48)26(43)32(55-22)40-21-39-25-29(34)37-20-38-30(25)40/h4-5,12-13,20-22,26-28,32,43-44H,6-11,14-19H2,1-3H3,(H,35,41)(H,36,45)(H,49,50)(H,51,52)(H2,34,37,38)(H2,46,47,48)/b5-4+,13-12+/t22-,26-,27-,28+,32-/m1/s1. The van der Waals surface area contributed by atoms with E-state index in [0.29, 0.717) is 5.75 Å². The van der Waals surface area contributed by atoms with Crippen LogP contribution in [0.25, 0.3) is 11.2 Å². The number of carbonyl (C=O) groups is 3. The minimum atomic E-state index is -5.57. The average molecular weight is 946 g/mol. The smallest absolute Gasteiger partial charge is 0.386 e. The second kappa shape index (κ2) is 24.2. The molecule has 7 atom stereocenters. The number of fused-ring (bicyclic) bond motifs is 1. The number of aliphatic hydroxyl groups excluding tert-OH is 2. The van der Waals surface area contributed by atoms with Crippen molar-refractivity contribution >= 4 is 69.1 Å². The summed E-state index contributed by atoms with van der Waals surface area (Å²) in [5.74, 6) is -1.12. The molecule has 0 aromatic carbocycles. The summed E-state index contributed by atoms with van der Waals surface area (Å²) >= 11 is 1.05. The molecular formula is C33H54N7O17P3S. The Morgan fingerprint density at radius 3 is 2.34 bits per heavy atom.